The third kappa shape index (κ3) is 4.39. The summed E-state index contributed by atoms with van der Waals surface area (Å²) in [6, 6.07) is 1.23. The van der Waals surface area contributed by atoms with Crippen molar-refractivity contribution in [3.05, 3.63) is 29.6 Å². The van der Waals surface area contributed by atoms with Gasteiger partial charge in [0.25, 0.3) is 0 Å². The van der Waals surface area contributed by atoms with E-state index >= 15 is 0 Å². The van der Waals surface area contributed by atoms with Crippen molar-refractivity contribution >= 4 is 11.7 Å². The van der Waals surface area contributed by atoms with Crippen molar-refractivity contribution in [3.8, 4) is 0 Å². The molecular weight excluding hydrogens is 323 g/mol. The molecule has 1 N–H and O–H groups in total. The van der Waals surface area contributed by atoms with Gasteiger partial charge in [-0.1, -0.05) is 0 Å². The molecule has 134 valence electrons. The number of carbonyl (C=O) groups is 1. The van der Waals surface area contributed by atoms with Crippen LogP contribution in [0, 0.1) is 17.5 Å². The number of urea groups is 1. The summed E-state index contributed by atoms with van der Waals surface area (Å²) in [7, 11) is 3.53. The molecule has 1 aromatic carbocycles. The number of benzene rings is 1. The van der Waals surface area contributed by atoms with Gasteiger partial charge >= 0.3 is 6.03 Å². The van der Waals surface area contributed by atoms with Gasteiger partial charge < -0.3 is 19.9 Å². The van der Waals surface area contributed by atoms with Crippen LogP contribution in [0.1, 0.15) is 12.8 Å². The lowest BCUT2D eigenvalue weighted by Gasteiger charge is -2.37. The fourth-order valence-corrected chi connectivity index (χ4v) is 2.76. The van der Waals surface area contributed by atoms with E-state index < -0.39 is 23.5 Å². The van der Waals surface area contributed by atoms with Crippen LogP contribution in [0.15, 0.2) is 12.1 Å². The van der Waals surface area contributed by atoms with Crippen LogP contribution in [0.2, 0.25) is 0 Å². The van der Waals surface area contributed by atoms with E-state index in [2.05, 4.69) is 10.2 Å². The Bertz CT molecular complexity index is 578. The molecule has 0 saturated carbocycles. The molecule has 5 nitrogen and oxygen atoms in total. The van der Waals surface area contributed by atoms with Gasteiger partial charge in [0.2, 0.25) is 0 Å². The smallest absolute Gasteiger partial charge is 0.322 e. The van der Waals surface area contributed by atoms with Crippen molar-refractivity contribution in [1.29, 1.82) is 0 Å². The van der Waals surface area contributed by atoms with Crippen molar-refractivity contribution in [1.82, 2.24) is 9.80 Å². The second-order valence-corrected chi connectivity index (χ2v) is 5.87. The van der Waals surface area contributed by atoms with Gasteiger partial charge in [-0.15, -0.1) is 0 Å². The van der Waals surface area contributed by atoms with Crippen molar-refractivity contribution in [2.45, 2.75) is 18.9 Å². The van der Waals surface area contributed by atoms with Crippen LogP contribution in [0.4, 0.5) is 23.7 Å². The number of nitrogens with zero attached hydrogens (tertiary/aromatic N) is 2. The van der Waals surface area contributed by atoms with Gasteiger partial charge in [0, 0.05) is 19.7 Å². The zero-order chi connectivity index (χ0) is 17.7. The van der Waals surface area contributed by atoms with Crippen LogP contribution >= 0.6 is 0 Å². The molecule has 1 fully saturated rings. The molecule has 8 heteroatoms. The lowest BCUT2D eigenvalue weighted by Crippen LogP contribution is -2.49. The monoisotopic (exact) mass is 345 g/mol. The summed E-state index contributed by atoms with van der Waals surface area (Å²) in [5, 5.41) is 2.33. The number of carbonyl (C=O) groups excluding carboxylic acids is 1. The highest BCUT2D eigenvalue weighted by atomic mass is 19.2. The second-order valence-electron chi connectivity index (χ2n) is 5.87. The topological polar surface area (TPSA) is 44.8 Å². The van der Waals surface area contributed by atoms with E-state index in [0.717, 1.165) is 38.1 Å². The molecule has 1 heterocycles. The van der Waals surface area contributed by atoms with Gasteiger partial charge in [0.15, 0.2) is 17.5 Å². The number of amides is 2. The zero-order valence-electron chi connectivity index (χ0n) is 13.8. The maximum Gasteiger partial charge on any atom is 0.322 e. The highest BCUT2D eigenvalue weighted by molar-refractivity contribution is 5.89. The number of hydrogen-bond acceptors (Lipinski definition) is 3. The largest absolute Gasteiger partial charge is 0.383 e. The number of methoxy groups -OCH3 is 1. The van der Waals surface area contributed by atoms with Crippen LogP contribution in [0.25, 0.3) is 0 Å². The fourth-order valence-electron chi connectivity index (χ4n) is 2.76. The normalized spacial score (nSPS) is 16.2. The molecule has 24 heavy (non-hydrogen) atoms. The van der Waals surface area contributed by atoms with E-state index in [1.54, 1.807) is 4.90 Å². The lowest BCUT2D eigenvalue weighted by atomic mass is 10.0. The molecule has 0 aliphatic carbocycles. The molecule has 1 aromatic rings. The zero-order valence-corrected chi connectivity index (χ0v) is 13.8. The molecule has 1 aliphatic heterocycles. The minimum Gasteiger partial charge on any atom is -0.383 e. The maximum atomic E-state index is 13.8. The molecule has 0 atom stereocenters. The van der Waals surface area contributed by atoms with Gasteiger partial charge in [0.1, 0.15) is 0 Å². The Morgan fingerprint density at radius 1 is 1.29 bits per heavy atom. The summed E-state index contributed by atoms with van der Waals surface area (Å²) in [5.41, 5.74) is -0.380. The summed E-state index contributed by atoms with van der Waals surface area (Å²) in [4.78, 5) is 16.2. The molecule has 2 rings (SSSR count). The van der Waals surface area contributed by atoms with Crippen LogP contribution in [0.5, 0.6) is 0 Å². The van der Waals surface area contributed by atoms with Crippen molar-refractivity contribution in [3.63, 3.8) is 0 Å². The SMILES string of the molecule is COCCN(C(=O)Nc1ccc(F)c(F)c1F)C1CCN(C)CC1. The Morgan fingerprint density at radius 3 is 2.58 bits per heavy atom. The van der Waals surface area contributed by atoms with E-state index in [0.29, 0.717) is 13.2 Å². The summed E-state index contributed by atoms with van der Waals surface area (Å²) >= 11 is 0. The highest BCUT2D eigenvalue weighted by Crippen LogP contribution is 2.22. The number of nitrogens with one attached hydrogen (secondary N) is 1. The molecular formula is C16H22F3N3O2. The molecule has 2 amide bonds. The van der Waals surface area contributed by atoms with Gasteiger partial charge in [0.05, 0.1) is 12.3 Å². The number of likely N-dealkylation sites (tertiary alicyclic amines) is 1. The Morgan fingerprint density at radius 2 is 1.96 bits per heavy atom. The van der Waals surface area contributed by atoms with Gasteiger partial charge in [-0.2, -0.15) is 0 Å². The standard InChI is InChI=1S/C16H22F3N3O2/c1-21-7-5-11(6-8-21)22(9-10-24-2)16(23)20-13-4-3-12(17)14(18)15(13)19/h3-4,11H,5-10H2,1-2H3,(H,20,23). The molecule has 1 saturated heterocycles. The highest BCUT2D eigenvalue weighted by Gasteiger charge is 2.27. The minimum atomic E-state index is -1.60. The molecule has 0 bridgehead atoms. The van der Waals surface area contributed by atoms with Gasteiger partial charge in [-0.3, -0.25) is 0 Å². The average molecular weight is 345 g/mol. The Balaban J connectivity index is 2.11. The van der Waals surface area contributed by atoms with E-state index in [1.165, 1.54) is 7.11 Å². The third-order valence-corrected chi connectivity index (χ3v) is 4.20. The number of ether oxygens (including phenoxy) is 1. The first-order valence-electron chi connectivity index (χ1n) is 7.82. The first-order chi connectivity index (χ1) is 11.4. The van der Waals surface area contributed by atoms with Crippen LogP contribution in [-0.4, -0.2) is 62.3 Å². The number of hydrogen-bond donors (Lipinski definition) is 1. The first-order valence-corrected chi connectivity index (χ1v) is 7.82. The first kappa shape index (κ1) is 18.5. The predicted octanol–water partition coefficient (Wildman–Crippen LogP) is 2.68. The predicted molar refractivity (Wildman–Crippen MR) is 84.4 cm³/mol. The summed E-state index contributed by atoms with van der Waals surface area (Å²) in [6.07, 6.45) is 1.57. The Hall–Kier alpha value is -1.80. The fraction of sp³-hybridized carbons (Fsp3) is 0.562. The molecule has 0 radical (unpaired) electrons. The average Bonchev–Trinajstić information content (AvgIpc) is 2.57. The van der Waals surface area contributed by atoms with E-state index in [9.17, 15) is 18.0 Å². The number of piperidine rings is 1. The molecule has 0 aromatic heterocycles. The quantitative estimate of drug-likeness (QED) is 0.835. The van der Waals surface area contributed by atoms with Crippen molar-refractivity contribution < 1.29 is 22.7 Å². The Kier molecular flexibility index (Phi) is 6.44. The summed E-state index contributed by atoms with van der Waals surface area (Å²) in [6.45, 7) is 2.37. The Labute approximate surface area is 139 Å². The van der Waals surface area contributed by atoms with Gasteiger partial charge in [-0.05, 0) is 45.1 Å². The number of rotatable bonds is 5. The third-order valence-electron chi connectivity index (χ3n) is 4.20. The van der Waals surface area contributed by atoms with Crippen molar-refractivity contribution in [2.24, 2.45) is 0 Å². The molecule has 1 aliphatic rings. The van der Waals surface area contributed by atoms with Crippen molar-refractivity contribution in [2.75, 3.05) is 45.7 Å². The summed E-state index contributed by atoms with van der Waals surface area (Å²) < 4.78 is 45.1. The van der Waals surface area contributed by atoms with Crippen LogP contribution in [-0.2, 0) is 4.74 Å². The van der Waals surface area contributed by atoms with E-state index in [1.807, 2.05) is 7.05 Å². The second kappa shape index (κ2) is 8.34. The van der Waals surface area contributed by atoms with E-state index in [-0.39, 0.29) is 11.7 Å². The molecule has 0 unspecified atom stereocenters. The number of anilines is 1. The van der Waals surface area contributed by atoms with Crippen LogP contribution in [0.3, 0.4) is 0 Å². The van der Waals surface area contributed by atoms with Crippen LogP contribution < -0.4 is 5.32 Å². The number of halogens is 3. The summed E-state index contributed by atoms with van der Waals surface area (Å²) in [5.74, 6) is -4.30. The molecule has 0 spiro atoms. The lowest BCUT2D eigenvalue weighted by molar-refractivity contribution is 0.108. The van der Waals surface area contributed by atoms with E-state index in [4.69, 9.17) is 4.74 Å². The minimum absolute atomic E-state index is 0.00953. The maximum absolute atomic E-state index is 13.8. The van der Waals surface area contributed by atoms with Gasteiger partial charge in [-0.25, -0.2) is 18.0 Å².